The molecule has 1 heterocycles. The summed E-state index contributed by atoms with van der Waals surface area (Å²) in [7, 11) is 0. The van der Waals surface area contributed by atoms with Gasteiger partial charge < -0.3 is 10.6 Å². The lowest BCUT2D eigenvalue weighted by Gasteiger charge is -2.20. The number of rotatable bonds is 2. The molecule has 1 fully saturated rings. The maximum atomic E-state index is 13.1. The summed E-state index contributed by atoms with van der Waals surface area (Å²) in [6, 6.07) is 4.20. The first kappa shape index (κ1) is 13.8. The Morgan fingerprint density at radius 3 is 2.89 bits per heavy atom. The Labute approximate surface area is 113 Å². The highest BCUT2D eigenvalue weighted by atomic mass is 19.1. The van der Waals surface area contributed by atoms with Crippen molar-refractivity contribution >= 4 is 11.6 Å². The van der Waals surface area contributed by atoms with Gasteiger partial charge in [0, 0.05) is 18.7 Å². The van der Waals surface area contributed by atoms with Crippen LogP contribution >= 0.6 is 0 Å². The zero-order valence-corrected chi connectivity index (χ0v) is 11.4. The largest absolute Gasteiger partial charge is 0.396 e. The van der Waals surface area contributed by atoms with Gasteiger partial charge in [-0.15, -0.1) is 0 Å². The van der Waals surface area contributed by atoms with Gasteiger partial charge in [0.1, 0.15) is 5.82 Å². The highest BCUT2D eigenvalue weighted by Gasteiger charge is 2.21. The molecule has 1 aliphatic rings. The van der Waals surface area contributed by atoms with Gasteiger partial charge >= 0.3 is 0 Å². The molecule has 1 atom stereocenters. The van der Waals surface area contributed by atoms with Crippen LogP contribution < -0.4 is 5.73 Å². The number of carbonyl (C=O) groups excluding carboxylic acids is 1. The average Bonchev–Trinajstić information content (AvgIpc) is 2.66. The van der Waals surface area contributed by atoms with E-state index in [4.69, 9.17) is 5.73 Å². The molecule has 1 saturated heterocycles. The Hall–Kier alpha value is -1.58. The van der Waals surface area contributed by atoms with Crippen molar-refractivity contribution in [2.24, 2.45) is 5.92 Å². The molecule has 0 radical (unpaired) electrons. The number of hydrogen-bond acceptors (Lipinski definition) is 2. The number of benzene rings is 1. The van der Waals surface area contributed by atoms with Crippen LogP contribution in [0, 0.1) is 11.7 Å². The quantitative estimate of drug-likeness (QED) is 0.834. The molecule has 0 spiro atoms. The van der Waals surface area contributed by atoms with Crippen molar-refractivity contribution in [1.82, 2.24) is 4.90 Å². The molecule has 19 heavy (non-hydrogen) atoms. The highest BCUT2D eigenvalue weighted by molar-refractivity contribution is 5.95. The molecule has 0 aliphatic carbocycles. The number of nitrogen functional groups attached to an aromatic ring is 1. The Bertz CT molecular complexity index is 461. The summed E-state index contributed by atoms with van der Waals surface area (Å²) in [4.78, 5) is 14.2. The number of likely N-dealkylation sites (tertiary alicyclic amines) is 1. The third-order valence-electron chi connectivity index (χ3n) is 3.96. The molecule has 1 aliphatic heterocycles. The molecule has 1 unspecified atom stereocenters. The standard InChI is InChI=1S/C15H21FN2O/c1-2-11-4-3-8-18(9-7-11)15(19)12-5-6-13(16)14(17)10-12/h5-6,10-11H,2-4,7-9,17H2,1H3. The second-order valence-corrected chi connectivity index (χ2v) is 5.23. The van der Waals surface area contributed by atoms with Gasteiger partial charge in [-0.25, -0.2) is 4.39 Å². The topological polar surface area (TPSA) is 46.3 Å². The van der Waals surface area contributed by atoms with E-state index < -0.39 is 5.82 Å². The smallest absolute Gasteiger partial charge is 0.253 e. The molecule has 2 rings (SSSR count). The van der Waals surface area contributed by atoms with Crippen molar-refractivity contribution < 1.29 is 9.18 Å². The van der Waals surface area contributed by atoms with Crippen LogP contribution in [0.5, 0.6) is 0 Å². The summed E-state index contributed by atoms with van der Waals surface area (Å²) in [5.74, 6) is 0.206. The third-order valence-corrected chi connectivity index (χ3v) is 3.96. The maximum absolute atomic E-state index is 13.1. The van der Waals surface area contributed by atoms with E-state index in [0.29, 0.717) is 5.56 Å². The van der Waals surface area contributed by atoms with Crippen LogP contribution in [-0.2, 0) is 0 Å². The number of halogens is 1. The number of amides is 1. The van der Waals surface area contributed by atoms with E-state index in [2.05, 4.69) is 6.92 Å². The van der Waals surface area contributed by atoms with E-state index in [1.165, 1.54) is 31.0 Å². The van der Waals surface area contributed by atoms with Gasteiger partial charge in [0.25, 0.3) is 5.91 Å². The van der Waals surface area contributed by atoms with Gasteiger partial charge in [0.05, 0.1) is 5.69 Å². The first-order valence-corrected chi connectivity index (χ1v) is 6.96. The molecule has 0 bridgehead atoms. The molecule has 0 aromatic heterocycles. The molecule has 104 valence electrons. The second-order valence-electron chi connectivity index (χ2n) is 5.23. The summed E-state index contributed by atoms with van der Waals surface area (Å²) in [5.41, 5.74) is 6.03. The van der Waals surface area contributed by atoms with Crippen LogP contribution in [0.25, 0.3) is 0 Å². The van der Waals surface area contributed by atoms with Crippen LogP contribution in [0.3, 0.4) is 0 Å². The van der Waals surface area contributed by atoms with Gasteiger partial charge in [-0.05, 0) is 43.4 Å². The van der Waals surface area contributed by atoms with Crippen LogP contribution in [0.4, 0.5) is 10.1 Å². The molecular weight excluding hydrogens is 243 g/mol. The fraction of sp³-hybridized carbons (Fsp3) is 0.533. The zero-order valence-electron chi connectivity index (χ0n) is 11.4. The zero-order chi connectivity index (χ0) is 13.8. The summed E-state index contributed by atoms with van der Waals surface area (Å²) in [5, 5.41) is 0. The number of hydrogen-bond donors (Lipinski definition) is 1. The minimum atomic E-state index is -0.474. The monoisotopic (exact) mass is 264 g/mol. The predicted molar refractivity (Wildman–Crippen MR) is 74.3 cm³/mol. The van der Waals surface area contributed by atoms with Gasteiger partial charge in [-0.3, -0.25) is 4.79 Å². The molecule has 1 amide bonds. The molecule has 3 nitrogen and oxygen atoms in total. The lowest BCUT2D eigenvalue weighted by atomic mass is 9.98. The molecular formula is C15H21FN2O. The number of anilines is 1. The Morgan fingerprint density at radius 1 is 1.42 bits per heavy atom. The summed E-state index contributed by atoms with van der Waals surface area (Å²) in [6.07, 6.45) is 4.46. The molecule has 0 saturated carbocycles. The predicted octanol–water partition coefficient (Wildman–Crippen LogP) is 3.06. The van der Waals surface area contributed by atoms with Gasteiger partial charge in [0.2, 0.25) is 0 Å². The van der Waals surface area contributed by atoms with Crippen molar-refractivity contribution in [3.05, 3.63) is 29.6 Å². The number of nitrogens with two attached hydrogens (primary N) is 1. The van der Waals surface area contributed by atoms with E-state index in [0.717, 1.165) is 31.8 Å². The fourth-order valence-electron chi connectivity index (χ4n) is 2.64. The second kappa shape index (κ2) is 6.04. The van der Waals surface area contributed by atoms with Gasteiger partial charge in [0.15, 0.2) is 0 Å². The lowest BCUT2D eigenvalue weighted by Crippen LogP contribution is -2.32. The van der Waals surface area contributed by atoms with E-state index in [1.54, 1.807) is 0 Å². The average molecular weight is 264 g/mol. The molecule has 1 aromatic rings. The first-order chi connectivity index (χ1) is 9.11. The highest BCUT2D eigenvalue weighted by Crippen LogP contribution is 2.22. The van der Waals surface area contributed by atoms with E-state index in [1.807, 2.05) is 4.90 Å². The molecule has 2 N–H and O–H groups in total. The van der Waals surface area contributed by atoms with Crippen LogP contribution in [0.1, 0.15) is 43.0 Å². The first-order valence-electron chi connectivity index (χ1n) is 6.96. The Morgan fingerprint density at radius 2 is 2.21 bits per heavy atom. The fourth-order valence-corrected chi connectivity index (χ4v) is 2.64. The Kier molecular flexibility index (Phi) is 4.40. The number of carbonyl (C=O) groups is 1. The van der Waals surface area contributed by atoms with Crippen molar-refractivity contribution in [3.63, 3.8) is 0 Å². The van der Waals surface area contributed by atoms with Crippen LogP contribution in [-0.4, -0.2) is 23.9 Å². The van der Waals surface area contributed by atoms with E-state index >= 15 is 0 Å². The molecule has 4 heteroatoms. The summed E-state index contributed by atoms with van der Waals surface area (Å²) >= 11 is 0. The number of nitrogens with zero attached hydrogens (tertiary/aromatic N) is 1. The van der Waals surface area contributed by atoms with E-state index in [9.17, 15) is 9.18 Å². The normalized spacial score (nSPS) is 20.1. The minimum Gasteiger partial charge on any atom is -0.396 e. The Balaban J connectivity index is 2.08. The van der Waals surface area contributed by atoms with Crippen molar-refractivity contribution in [2.75, 3.05) is 18.8 Å². The summed E-state index contributed by atoms with van der Waals surface area (Å²) in [6.45, 7) is 3.77. The third kappa shape index (κ3) is 3.25. The van der Waals surface area contributed by atoms with Crippen molar-refractivity contribution in [3.8, 4) is 0 Å². The van der Waals surface area contributed by atoms with Crippen molar-refractivity contribution in [1.29, 1.82) is 0 Å². The van der Waals surface area contributed by atoms with Crippen molar-refractivity contribution in [2.45, 2.75) is 32.6 Å². The van der Waals surface area contributed by atoms with Gasteiger partial charge in [-0.1, -0.05) is 13.3 Å². The summed E-state index contributed by atoms with van der Waals surface area (Å²) < 4.78 is 13.1. The lowest BCUT2D eigenvalue weighted by molar-refractivity contribution is 0.0760. The molecule has 1 aromatic carbocycles. The van der Waals surface area contributed by atoms with E-state index in [-0.39, 0.29) is 11.6 Å². The minimum absolute atomic E-state index is 0.0344. The van der Waals surface area contributed by atoms with Gasteiger partial charge in [-0.2, -0.15) is 0 Å². The van der Waals surface area contributed by atoms with Crippen LogP contribution in [0.2, 0.25) is 0 Å². The maximum Gasteiger partial charge on any atom is 0.253 e. The van der Waals surface area contributed by atoms with Crippen LogP contribution in [0.15, 0.2) is 18.2 Å². The SMILES string of the molecule is CCC1CCCN(C(=O)c2ccc(F)c(N)c2)CC1.